The minimum absolute atomic E-state index is 0.853. The maximum absolute atomic E-state index is 6.48. The Bertz CT molecular complexity index is 3220. The summed E-state index contributed by atoms with van der Waals surface area (Å²) < 4.78 is 15.4. The van der Waals surface area contributed by atoms with Gasteiger partial charge in [-0.05, 0) is 89.0 Å². The predicted octanol–water partition coefficient (Wildman–Crippen LogP) is 14.9. The molecule has 0 spiro atoms. The van der Waals surface area contributed by atoms with E-state index in [0.717, 1.165) is 60.9 Å². The van der Waals surface area contributed by atoms with Crippen LogP contribution in [0.25, 0.3) is 75.7 Å². The van der Waals surface area contributed by atoms with Crippen LogP contribution in [0, 0.1) is 0 Å². The number of thiophene rings is 1. The highest BCUT2D eigenvalue weighted by molar-refractivity contribution is 7.26. The van der Waals surface area contributed by atoms with E-state index in [0.29, 0.717) is 0 Å². The number of rotatable bonds is 6. The van der Waals surface area contributed by atoms with Crippen molar-refractivity contribution >= 4 is 104 Å². The molecule has 0 aliphatic heterocycles. The molecule has 0 N–H and O–H groups in total. The van der Waals surface area contributed by atoms with E-state index in [1.165, 1.54) is 42.4 Å². The van der Waals surface area contributed by atoms with Crippen molar-refractivity contribution in [1.82, 2.24) is 0 Å². The molecule has 0 saturated heterocycles. The van der Waals surface area contributed by atoms with Gasteiger partial charge in [-0.1, -0.05) is 115 Å². The Balaban J connectivity index is 1.19. The second kappa shape index (κ2) is 12.4. The van der Waals surface area contributed by atoms with Crippen molar-refractivity contribution < 1.29 is 8.83 Å². The molecular weight excluding hydrogens is 679 g/mol. The second-order valence-electron chi connectivity index (χ2n) is 13.7. The van der Waals surface area contributed by atoms with E-state index in [2.05, 4.69) is 169 Å². The largest absolute Gasteiger partial charge is 0.456 e. The van der Waals surface area contributed by atoms with Crippen LogP contribution >= 0.6 is 11.3 Å². The van der Waals surface area contributed by atoms with Gasteiger partial charge in [0.15, 0.2) is 0 Å². The minimum atomic E-state index is 0.853. The highest BCUT2D eigenvalue weighted by Gasteiger charge is 2.24. The van der Waals surface area contributed by atoms with Gasteiger partial charge in [0.25, 0.3) is 0 Å². The molecule has 0 aliphatic rings. The van der Waals surface area contributed by atoms with Crippen LogP contribution in [0.15, 0.2) is 191 Å². The third kappa shape index (κ3) is 4.96. The van der Waals surface area contributed by atoms with Gasteiger partial charge in [-0.2, -0.15) is 0 Å². The first-order valence-corrected chi connectivity index (χ1v) is 19.0. The third-order valence-corrected chi connectivity index (χ3v) is 11.6. The number of para-hydroxylation sites is 2. The van der Waals surface area contributed by atoms with Gasteiger partial charge in [0.1, 0.15) is 22.3 Å². The van der Waals surface area contributed by atoms with Crippen LogP contribution in [0.2, 0.25) is 0 Å². The van der Waals surface area contributed by atoms with Gasteiger partial charge < -0.3 is 13.7 Å². The summed E-state index contributed by atoms with van der Waals surface area (Å²) in [6.45, 7) is 0. The highest BCUT2D eigenvalue weighted by atomic mass is 32.1. The molecule has 0 bridgehead atoms. The van der Waals surface area contributed by atoms with Crippen LogP contribution in [-0.4, -0.2) is 0 Å². The Morgan fingerprint density at radius 3 is 1.91 bits per heavy atom. The monoisotopic (exact) mass is 709 g/mol. The first-order chi connectivity index (χ1) is 26.8. The van der Waals surface area contributed by atoms with Crippen molar-refractivity contribution in [2.24, 2.45) is 0 Å². The molecule has 0 radical (unpaired) electrons. The fraction of sp³-hybridized carbons (Fsp3) is 0. The maximum Gasteiger partial charge on any atom is 0.137 e. The van der Waals surface area contributed by atoms with Crippen LogP contribution < -0.4 is 4.90 Å². The average molecular weight is 710 g/mol. The van der Waals surface area contributed by atoms with Crippen molar-refractivity contribution in [1.29, 1.82) is 0 Å². The Labute approximate surface area is 315 Å². The molecule has 11 aromatic rings. The quantitative estimate of drug-likeness (QED) is 0.161. The molecule has 254 valence electrons. The van der Waals surface area contributed by atoms with Crippen LogP contribution in [0.1, 0.15) is 16.7 Å². The average Bonchev–Trinajstić information content (AvgIpc) is 3.92. The number of furan rings is 2. The summed E-state index contributed by atoms with van der Waals surface area (Å²) in [7, 11) is 0. The summed E-state index contributed by atoms with van der Waals surface area (Å²) in [6, 6.07) is 64.4. The number of anilines is 3. The van der Waals surface area contributed by atoms with Gasteiger partial charge >= 0.3 is 0 Å². The number of hydrogen-bond acceptors (Lipinski definition) is 4. The Hall–Kier alpha value is -6.88. The molecule has 3 heterocycles. The lowest BCUT2D eigenvalue weighted by molar-refractivity contribution is 0.669. The summed E-state index contributed by atoms with van der Waals surface area (Å²) in [5.74, 6) is 0. The van der Waals surface area contributed by atoms with E-state index < -0.39 is 0 Å². The summed E-state index contributed by atoms with van der Waals surface area (Å²) in [4.78, 5) is 2.40. The van der Waals surface area contributed by atoms with E-state index in [9.17, 15) is 0 Å². The fourth-order valence-electron chi connectivity index (χ4n) is 8.03. The van der Waals surface area contributed by atoms with E-state index in [1.807, 2.05) is 35.6 Å². The van der Waals surface area contributed by atoms with Crippen LogP contribution in [0.4, 0.5) is 17.1 Å². The van der Waals surface area contributed by atoms with Crippen molar-refractivity contribution in [3.63, 3.8) is 0 Å². The Morgan fingerprint density at radius 1 is 0.426 bits per heavy atom. The minimum Gasteiger partial charge on any atom is -0.456 e. The molecule has 0 aliphatic carbocycles. The van der Waals surface area contributed by atoms with Crippen LogP contribution in [0.5, 0.6) is 0 Å². The maximum atomic E-state index is 6.48. The van der Waals surface area contributed by atoms with Gasteiger partial charge in [0.2, 0.25) is 0 Å². The summed E-state index contributed by atoms with van der Waals surface area (Å²) in [5.41, 5.74) is 11.3. The van der Waals surface area contributed by atoms with Crippen molar-refractivity contribution in [2.75, 3.05) is 4.90 Å². The standard InChI is InChI=1S/C50H31NO2S/c1-3-13-32(14-4-1)29-39(33-15-5-2-6-16-33)34-25-28-47-40(30-34)50-42(20-12-24-48(50)54-47)51(35-26-27-37-36-17-7-9-21-43(36)53-46(37)31-35)41-19-11-23-45-49(41)38-18-8-10-22-44(38)52-45/h1-31H/b39-29+. The predicted molar refractivity (Wildman–Crippen MR) is 228 cm³/mol. The zero-order chi connectivity index (χ0) is 35.6. The van der Waals surface area contributed by atoms with Gasteiger partial charge in [-0.3, -0.25) is 0 Å². The van der Waals surface area contributed by atoms with Gasteiger partial charge in [0.05, 0.1) is 16.8 Å². The molecule has 0 atom stereocenters. The van der Waals surface area contributed by atoms with Crippen LogP contribution in [0.3, 0.4) is 0 Å². The molecule has 54 heavy (non-hydrogen) atoms. The lowest BCUT2D eigenvalue weighted by atomic mass is 9.94. The molecule has 0 amide bonds. The van der Waals surface area contributed by atoms with E-state index in [-0.39, 0.29) is 0 Å². The fourth-order valence-corrected chi connectivity index (χ4v) is 9.14. The van der Waals surface area contributed by atoms with E-state index >= 15 is 0 Å². The second-order valence-corrected chi connectivity index (χ2v) is 14.7. The normalized spacial score (nSPS) is 12.2. The summed E-state index contributed by atoms with van der Waals surface area (Å²) in [5, 5.41) is 6.81. The lowest BCUT2D eigenvalue weighted by Gasteiger charge is -2.27. The summed E-state index contributed by atoms with van der Waals surface area (Å²) >= 11 is 1.83. The van der Waals surface area contributed by atoms with Crippen molar-refractivity contribution in [3.05, 3.63) is 199 Å². The topological polar surface area (TPSA) is 29.5 Å². The molecule has 8 aromatic carbocycles. The molecule has 3 aromatic heterocycles. The molecule has 0 saturated carbocycles. The zero-order valence-electron chi connectivity index (χ0n) is 29.1. The number of hydrogen-bond donors (Lipinski definition) is 0. The van der Waals surface area contributed by atoms with Crippen LogP contribution in [-0.2, 0) is 0 Å². The lowest BCUT2D eigenvalue weighted by Crippen LogP contribution is -2.10. The number of benzene rings is 8. The van der Waals surface area contributed by atoms with Crippen molar-refractivity contribution in [2.45, 2.75) is 0 Å². The molecule has 4 heteroatoms. The molecule has 0 unspecified atom stereocenters. The third-order valence-electron chi connectivity index (χ3n) is 10.5. The SMILES string of the molecule is C(=C(/c1ccccc1)c1ccc2sc3cccc(N(c4ccc5c(c4)oc4ccccc45)c4cccc5oc6ccccc6c45)c3c2c1)/c1ccccc1. The first kappa shape index (κ1) is 30.7. The van der Waals surface area contributed by atoms with Gasteiger partial charge in [0, 0.05) is 48.1 Å². The number of nitrogens with zero attached hydrogens (tertiary/aromatic N) is 1. The first-order valence-electron chi connectivity index (χ1n) is 18.2. The van der Waals surface area contributed by atoms with E-state index in [1.54, 1.807) is 0 Å². The van der Waals surface area contributed by atoms with Gasteiger partial charge in [-0.25, -0.2) is 0 Å². The van der Waals surface area contributed by atoms with E-state index in [4.69, 9.17) is 8.83 Å². The zero-order valence-corrected chi connectivity index (χ0v) is 29.9. The molecule has 3 nitrogen and oxygen atoms in total. The summed E-state index contributed by atoms with van der Waals surface area (Å²) in [6.07, 6.45) is 2.30. The Morgan fingerprint density at radius 2 is 1.07 bits per heavy atom. The smallest absolute Gasteiger partial charge is 0.137 e. The molecule has 0 fully saturated rings. The number of fused-ring (bicyclic) bond motifs is 9. The van der Waals surface area contributed by atoms with Crippen molar-refractivity contribution in [3.8, 4) is 0 Å². The highest BCUT2D eigenvalue weighted by Crippen LogP contribution is 2.49. The molecule has 11 rings (SSSR count). The Kier molecular flexibility index (Phi) is 7.04. The van der Waals surface area contributed by atoms with Gasteiger partial charge in [-0.15, -0.1) is 11.3 Å². The molecular formula is C50H31NO2S.